The normalized spacial score (nSPS) is 12.0. The van der Waals surface area contributed by atoms with Crippen LogP contribution in [0.2, 0.25) is 0 Å². The molecule has 2 aromatic rings. The van der Waals surface area contributed by atoms with E-state index in [4.69, 9.17) is 4.42 Å². The minimum absolute atomic E-state index is 0.0478. The Labute approximate surface area is 111 Å². The van der Waals surface area contributed by atoms with Crippen LogP contribution in [0.3, 0.4) is 0 Å². The van der Waals surface area contributed by atoms with Crippen LogP contribution in [0.1, 0.15) is 39.1 Å². The molecule has 0 fully saturated rings. The number of rotatable bonds is 4. The van der Waals surface area contributed by atoms with E-state index in [9.17, 15) is 0 Å². The molecule has 18 heavy (non-hydrogen) atoms. The van der Waals surface area contributed by atoms with E-state index >= 15 is 0 Å². The molecular weight excluding hydrogens is 246 g/mol. The zero-order valence-electron chi connectivity index (χ0n) is 11.3. The van der Waals surface area contributed by atoms with E-state index in [2.05, 4.69) is 54.7 Å². The van der Waals surface area contributed by atoms with Crippen molar-refractivity contribution in [3.63, 3.8) is 0 Å². The Morgan fingerprint density at radius 3 is 2.78 bits per heavy atom. The number of aromatic nitrogens is 2. The molecule has 0 atom stereocenters. The summed E-state index contributed by atoms with van der Waals surface area (Å²) < 4.78 is 5.69. The van der Waals surface area contributed by atoms with E-state index in [1.165, 1.54) is 5.56 Å². The van der Waals surface area contributed by atoms with Crippen LogP contribution in [0.4, 0.5) is 0 Å². The zero-order chi connectivity index (χ0) is 13.2. The average Bonchev–Trinajstić information content (AvgIpc) is 2.93. The summed E-state index contributed by atoms with van der Waals surface area (Å²) in [5, 5.41) is 13.6. The fourth-order valence-corrected chi connectivity index (χ4v) is 2.47. The van der Waals surface area contributed by atoms with Crippen LogP contribution < -0.4 is 5.32 Å². The first kappa shape index (κ1) is 13.2. The van der Waals surface area contributed by atoms with E-state index in [1.54, 1.807) is 11.3 Å². The third kappa shape index (κ3) is 3.17. The Balaban J connectivity index is 2.11. The zero-order valence-corrected chi connectivity index (χ0v) is 12.1. The second kappa shape index (κ2) is 5.20. The molecule has 0 spiro atoms. The number of thiophene rings is 1. The second-order valence-electron chi connectivity index (χ2n) is 5.23. The van der Waals surface area contributed by atoms with Crippen LogP contribution in [0, 0.1) is 0 Å². The Morgan fingerprint density at radius 1 is 1.33 bits per heavy atom. The highest BCUT2D eigenvalue weighted by molar-refractivity contribution is 7.13. The van der Waals surface area contributed by atoms with Gasteiger partial charge in [-0.2, -0.15) is 0 Å². The summed E-state index contributed by atoms with van der Waals surface area (Å²) >= 11 is 1.65. The molecule has 0 unspecified atom stereocenters. The molecule has 2 aromatic heterocycles. The SMILES string of the molecule is CCc1ccsc1-c1nnc(CNC(C)(C)C)o1. The molecule has 98 valence electrons. The molecule has 5 heteroatoms. The predicted octanol–water partition coefficient (Wildman–Crippen LogP) is 3.25. The van der Waals surface area contributed by atoms with Crippen molar-refractivity contribution in [3.8, 4) is 10.8 Å². The smallest absolute Gasteiger partial charge is 0.258 e. The number of aryl methyl sites for hydroxylation is 1. The largest absolute Gasteiger partial charge is 0.419 e. The fourth-order valence-electron chi connectivity index (χ4n) is 1.56. The van der Waals surface area contributed by atoms with Crippen molar-refractivity contribution in [1.82, 2.24) is 15.5 Å². The van der Waals surface area contributed by atoms with Gasteiger partial charge in [0.25, 0.3) is 5.89 Å². The van der Waals surface area contributed by atoms with Crippen LogP contribution in [-0.2, 0) is 13.0 Å². The van der Waals surface area contributed by atoms with Gasteiger partial charge in [-0.15, -0.1) is 21.5 Å². The van der Waals surface area contributed by atoms with E-state index in [0.29, 0.717) is 18.3 Å². The van der Waals surface area contributed by atoms with Crippen molar-refractivity contribution in [1.29, 1.82) is 0 Å². The fraction of sp³-hybridized carbons (Fsp3) is 0.538. The lowest BCUT2D eigenvalue weighted by Crippen LogP contribution is -2.35. The van der Waals surface area contributed by atoms with Gasteiger partial charge < -0.3 is 9.73 Å². The van der Waals surface area contributed by atoms with Crippen LogP contribution in [0.15, 0.2) is 15.9 Å². The second-order valence-corrected chi connectivity index (χ2v) is 6.15. The van der Waals surface area contributed by atoms with Crippen molar-refractivity contribution >= 4 is 11.3 Å². The Hall–Kier alpha value is -1.20. The third-order valence-corrected chi connectivity index (χ3v) is 3.50. The Bertz CT molecular complexity index is 510. The molecule has 2 heterocycles. The van der Waals surface area contributed by atoms with Gasteiger partial charge in [0.15, 0.2) is 0 Å². The molecule has 0 bridgehead atoms. The van der Waals surface area contributed by atoms with Gasteiger partial charge in [0.05, 0.1) is 11.4 Å². The molecule has 0 saturated carbocycles. The lowest BCUT2D eigenvalue weighted by Gasteiger charge is -2.18. The number of hydrogen-bond acceptors (Lipinski definition) is 5. The highest BCUT2D eigenvalue weighted by atomic mass is 32.1. The van der Waals surface area contributed by atoms with Crippen molar-refractivity contribution < 1.29 is 4.42 Å². The molecule has 0 aliphatic heterocycles. The van der Waals surface area contributed by atoms with Crippen LogP contribution in [-0.4, -0.2) is 15.7 Å². The monoisotopic (exact) mass is 265 g/mol. The number of nitrogens with zero attached hydrogens (tertiary/aromatic N) is 2. The van der Waals surface area contributed by atoms with Crippen LogP contribution in [0.5, 0.6) is 0 Å². The first-order valence-electron chi connectivity index (χ1n) is 6.14. The lowest BCUT2D eigenvalue weighted by molar-refractivity contribution is 0.384. The maximum absolute atomic E-state index is 5.69. The molecule has 0 aromatic carbocycles. The predicted molar refractivity (Wildman–Crippen MR) is 73.6 cm³/mol. The minimum atomic E-state index is 0.0478. The highest BCUT2D eigenvalue weighted by Crippen LogP contribution is 2.28. The van der Waals surface area contributed by atoms with Gasteiger partial charge in [-0.25, -0.2) is 0 Å². The van der Waals surface area contributed by atoms with E-state index in [0.717, 1.165) is 11.3 Å². The molecule has 0 saturated heterocycles. The van der Waals surface area contributed by atoms with Gasteiger partial charge in [0.1, 0.15) is 0 Å². The molecule has 0 aliphatic rings. The summed E-state index contributed by atoms with van der Waals surface area (Å²) in [6.45, 7) is 9.06. The van der Waals surface area contributed by atoms with Gasteiger partial charge in [-0.1, -0.05) is 6.92 Å². The topological polar surface area (TPSA) is 51.0 Å². The van der Waals surface area contributed by atoms with E-state index < -0.39 is 0 Å². The van der Waals surface area contributed by atoms with Gasteiger partial charge in [0.2, 0.25) is 5.89 Å². The van der Waals surface area contributed by atoms with Gasteiger partial charge in [0, 0.05) is 5.54 Å². The van der Waals surface area contributed by atoms with Crippen molar-refractivity contribution in [2.45, 2.75) is 46.2 Å². The summed E-state index contributed by atoms with van der Waals surface area (Å²) in [5.74, 6) is 1.27. The van der Waals surface area contributed by atoms with Gasteiger partial charge >= 0.3 is 0 Å². The standard InChI is InChI=1S/C13H19N3OS/c1-5-9-6-7-18-11(9)12-16-15-10(17-12)8-14-13(2,3)4/h6-7,14H,5,8H2,1-4H3. The molecule has 1 N–H and O–H groups in total. The summed E-state index contributed by atoms with van der Waals surface area (Å²) in [4.78, 5) is 1.09. The molecule has 0 aliphatic carbocycles. The molecule has 0 amide bonds. The summed E-state index contributed by atoms with van der Waals surface area (Å²) in [7, 11) is 0. The summed E-state index contributed by atoms with van der Waals surface area (Å²) in [6, 6.07) is 2.11. The maximum Gasteiger partial charge on any atom is 0.258 e. The quantitative estimate of drug-likeness (QED) is 0.922. The molecule has 4 nitrogen and oxygen atoms in total. The van der Waals surface area contributed by atoms with Gasteiger partial charge in [-0.05, 0) is 44.2 Å². The molecule has 0 radical (unpaired) electrons. The van der Waals surface area contributed by atoms with Crippen molar-refractivity contribution in [3.05, 3.63) is 22.9 Å². The first-order chi connectivity index (χ1) is 8.49. The van der Waals surface area contributed by atoms with Crippen LogP contribution >= 0.6 is 11.3 Å². The summed E-state index contributed by atoms with van der Waals surface area (Å²) in [5.41, 5.74) is 1.31. The van der Waals surface area contributed by atoms with E-state index in [-0.39, 0.29) is 5.54 Å². The highest BCUT2D eigenvalue weighted by Gasteiger charge is 2.15. The first-order valence-corrected chi connectivity index (χ1v) is 7.01. The summed E-state index contributed by atoms with van der Waals surface area (Å²) in [6.07, 6.45) is 0.983. The van der Waals surface area contributed by atoms with Gasteiger partial charge in [-0.3, -0.25) is 0 Å². The number of hydrogen-bond donors (Lipinski definition) is 1. The van der Waals surface area contributed by atoms with Crippen LogP contribution in [0.25, 0.3) is 10.8 Å². The van der Waals surface area contributed by atoms with Crippen molar-refractivity contribution in [2.75, 3.05) is 0 Å². The third-order valence-electron chi connectivity index (χ3n) is 2.56. The van der Waals surface area contributed by atoms with E-state index in [1.807, 2.05) is 0 Å². The van der Waals surface area contributed by atoms with Crippen molar-refractivity contribution in [2.24, 2.45) is 0 Å². The molecular formula is C13H19N3OS. The average molecular weight is 265 g/mol. The lowest BCUT2D eigenvalue weighted by atomic mass is 10.1. The number of nitrogens with one attached hydrogen (secondary N) is 1. The Morgan fingerprint density at radius 2 is 2.11 bits per heavy atom. The molecule has 2 rings (SSSR count). The maximum atomic E-state index is 5.69. The Kier molecular flexibility index (Phi) is 3.82. The minimum Gasteiger partial charge on any atom is -0.419 e.